The predicted molar refractivity (Wildman–Crippen MR) is 103 cm³/mol. The van der Waals surface area contributed by atoms with Crippen molar-refractivity contribution in [3.63, 3.8) is 0 Å². The molecule has 0 unspecified atom stereocenters. The molecule has 1 aromatic carbocycles. The van der Waals surface area contributed by atoms with Gasteiger partial charge >= 0.3 is 12.0 Å². The fourth-order valence-electron chi connectivity index (χ4n) is 2.29. The Labute approximate surface area is 168 Å². The molecule has 1 aliphatic heterocycles. The summed E-state index contributed by atoms with van der Waals surface area (Å²) in [5, 5.41) is 4.97. The summed E-state index contributed by atoms with van der Waals surface area (Å²) in [5.74, 6) is -0.487. The van der Waals surface area contributed by atoms with Crippen molar-refractivity contribution in [3.8, 4) is 11.5 Å². The quantitative estimate of drug-likeness (QED) is 0.571. The van der Waals surface area contributed by atoms with Gasteiger partial charge in [0, 0.05) is 18.5 Å². The smallest absolute Gasteiger partial charge is 0.331 e. The first kappa shape index (κ1) is 21.6. The molecular formula is C19H23ClN2O6. The first-order valence-electron chi connectivity index (χ1n) is 8.85. The van der Waals surface area contributed by atoms with Gasteiger partial charge < -0.3 is 19.5 Å². The Morgan fingerprint density at radius 3 is 2.61 bits per heavy atom. The molecule has 152 valence electrons. The first-order valence-corrected chi connectivity index (χ1v) is 9.23. The zero-order valence-electron chi connectivity index (χ0n) is 15.9. The number of rotatable bonds is 5. The van der Waals surface area contributed by atoms with Crippen molar-refractivity contribution >= 4 is 35.6 Å². The summed E-state index contributed by atoms with van der Waals surface area (Å²) in [4.78, 5) is 35.3. The summed E-state index contributed by atoms with van der Waals surface area (Å²) in [5.41, 5.74) is 0.611. The number of benzene rings is 1. The molecule has 1 aliphatic rings. The van der Waals surface area contributed by atoms with E-state index in [1.54, 1.807) is 26.0 Å². The largest absolute Gasteiger partial charge is 0.489 e. The van der Waals surface area contributed by atoms with E-state index in [0.29, 0.717) is 35.3 Å². The van der Waals surface area contributed by atoms with Crippen LogP contribution in [0.5, 0.6) is 11.5 Å². The number of amides is 3. The molecule has 0 radical (unpaired) electrons. The molecule has 28 heavy (non-hydrogen) atoms. The minimum atomic E-state index is -1.14. The predicted octanol–water partition coefficient (Wildman–Crippen LogP) is 2.68. The molecule has 2 rings (SSSR count). The third kappa shape index (κ3) is 6.45. The van der Waals surface area contributed by atoms with E-state index < -0.39 is 24.0 Å². The lowest BCUT2D eigenvalue weighted by Gasteiger charge is -2.13. The molecule has 2 N–H and O–H groups in total. The number of imide groups is 1. The summed E-state index contributed by atoms with van der Waals surface area (Å²) in [6.45, 7) is 5.90. The topological polar surface area (TPSA) is 103 Å². The highest BCUT2D eigenvalue weighted by atomic mass is 35.5. The SMILES string of the molecule is CC(C)NC(=O)NC(=O)[C@H](C)OC(=O)/C=C/c1cc(Cl)c2c(c1)OCCCO2. The number of nitrogens with one attached hydrogen (secondary N) is 2. The molecule has 0 fully saturated rings. The second kappa shape index (κ2) is 9.98. The van der Waals surface area contributed by atoms with Crippen LogP contribution >= 0.6 is 11.6 Å². The Hall–Kier alpha value is -2.74. The summed E-state index contributed by atoms with van der Waals surface area (Å²) in [6.07, 6.45) is 2.26. The Kier molecular flexibility index (Phi) is 7.69. The molecule has 9 heteroatoms. The number of ether oxygens (including phenoxy) is 3. The fraction of sp³-hybridized carbons (Fsp3) is 0.421. The van der Waals surface area contributed by atoms with Gasteiger partial charge in [-0.05, 0) is 44.5 Å². The number of fused-ring (bicyclic) bond motifs is 1. The number of carbonyl (C=O) groups is 3. The van der Waals surface area contributed by atoms with Crippen LogP contribution in [0, 0.1) is 0 Å². The van der Waals surface area contributed by atoms with Crippen LogP contribution in [-0.2, 0) is 14.3 Å². The maximum absolute atomic E-state index is 11.9. The van der Waals surface area contributed by atoms with Crippen molar-refractivity contribution < 1.29 is 28.6 Å². The minimum absolute atomic E-state index is 0.129. The highest BCUT2D eigenvalue weighted by Gasteiger charge is 2.19. The molecule has 0 aromatic heterocycles. The molecule has 1 heterocycles. The van der Waals surface area contributed by atoms with E-state index in [-0.39, 0.29) is 6.04 Å². The molecule has 0 spiro atoms. The molecule has 0 saturated carbocycles. The van der Waals surface area contributed by atoms with Gasteiger partial charge in [-0.15, -0.1) is 0 Å². The summed E-state index contributed by atoms with van der Waals surface area (Å²) < 4.78 is 16.1. The molecule has 0 saturated heterocycles. The Morgan fingerprint density at radius 2 is 1.89 bits per heavy atom. The lowest BCUT2D eigenvalue weighted by molar-refractivity contribution is -0.149. The minimum Gasteiger partial charge on any atom is -0.489 e. The standard InChI is InChI=1S/C19H23ClN2O6/c1-11(2)21-19(25)22-18(24)12(3)28-16(23)6-5-13-9-14(20)17-15(10-13)26-7-4-8-27-17/h5-6,9-12H,4,7-8H2,1-3H3,(H2,21,22,24,25)/b6-5+/t12-/m0/s1. The summed E-state index contributed by atoms with van der Waals surface area (Å²) >= 11 is 6.20. The number of hydrogen-bond acceptors (Lipinski definition) is 6. The van der Waals surface area contributed by atoms with Crippen LogP contribution in [0.4, 0.5) is 4.79 Å². The zero-order valence-corrected chi connectivity index (χ0v) is 16.7. The van der Waals surface area contributed by atoms with Gasteiger partial charge in [0.1, 0.15) is 0 Å². The average Bonchev–Trinajstić information content (AvgIpc) is 2.85. The summed E-state index contributed by atoms with van der Waals surface area (Å²) in [7, 11) is 0. The van der Waals surface area contributed by atoms with Crippen LogP contribution in [0.15, 0.2) is 18.2 Å². The number of esters is 1. The van der Waals surface area contributed by atoms with Gasteiger partial charge in [-0.2, -0.15) is 0 Å². The van der Waals surface area contributed by atoms with Crippen LogP contribution < -0.4 is 20.1 Å². The van der Waals surface area contributed by atoms with E-state index in [0.717, 1.165) is 12.5 Å². The van der Waals surface area contributed by atoms with Crippen LogP contribution in [0.3, 0.4) is 0 Å². The Bertz CT molecular complexity index is 778. The van der Waals surface area contributed by atoms with Crippen LogP contribution in [0.2, 0.25) is 5.02 Å². The van der Waals surface area contributed by atoms with E-state index in [2.05, 4.69) is 10.6 Å². The highest BCUT2D eigenvalue weighted by Crippen LogP contribution is 2.38. The van der Waals surface area contributed by atoms with Gasteiger partial charge in [0.15, 0.2) is 17.6 Å². The highest BCUT2D eigenvalue weighted by molar-refractivity contribution is 6.32. The van der Waals surface area contributed by atoms with Crippen LogP contribution in [-0.4, -0.2) is 43.3 Å². The van der Waals surface area contributed by atoms with Crippen molar-refractivity contribution in [1.82, 2.24) is 10.6 Å². The Morgan fingerprint density at radius 1 is 1.18 bits per heavy atom. The fourth-order valence-corrected chi connectivity index (χ4v) is 2.56. The molecule has 0 bridgehead atoms. The molecule has 3 amide bonds. The van der Waals surface area contributed by atoms with Crippen LogP contribution in [0.25, 0.3) is 6.08 Å². The van der Waals surface area contributed by atoms with Crippen molar-refractivity contribution in [2.45, 2.75) is 39.3 Å². The number of urea groups is 1. The maximum atomic E-state index is 11.9. The zero-order chi connectivity index (χ0) is 20.7. The molecule has 1 aromatic rings. The van der Waals surface area contributed by atoms with Gasteiger partial charge in [-0.1, -0.05) is 11.6 Å². The van der Waals surface area contributed by atoms with Gasteiger partial charge in [-0.25, -0.2) is 9.59 Å². The van der Waals surface area contributed by atoms with E-state index in [9.17, 15) is 14.4 Å². The third-order valence-electron chi connectivity index (χ3n) is 3.56. The van der Waals surface area contributed by atoms with Crippen molar-refractivity contribution in [2.24, 2.45) is 0 Å². The lowest BCUT2D eigenvalue weighted by Crippen LogP contribution is -2.46. The first-order chi connectivity index (χ1) is 13.3. The number of hydrogen-bond donors (Lipinski definition) is 2. The van der Waals surface area contributed by atoms with Crippen molar-refractivity contribution in [1.29, 1.82) is 0 Å². The summed E-state index contributed by atoms with van der Waals surface area (Å²) in [6, 6.07) is 2.55. The average molecular weight is 411 g/mol. The van der Waals surface area contributed by atoms with Gasteiger partial charge in [0.25, 0.3) is 5.91 Å². The van der Waals surface area contributed by atoms with Crippen molar-refractivity contribution in [2.75, 3.05) is 13.2 Å². The number of halogens is 1. The molecule has 8 nitrogen and oxygen atoms in total. The Balaban J connectivity index is 1.94. The van der Waals surface area contributed by atoms with Gasteiger partial charge in [-0.3, -0.25) is 10.1 Å². The van der Waals surface area contributed by atoms with Gasteiger partial charge in [0.05, 0.1) is 18.2 Å². The molecule has 1 atom stereocenters. The van der Waals surface area contributed by atoms with Gasteiger partial charge in [0.2, 0.25) is 0 Å². The third-order valence-corrected chi connectivity index (χ3v) is 3.84. The van der Waals surface area contributed by atoms with E-state index >= 15 is 0 Å². The number of carbonyl (C=O) groups excluding carboxylic acids is 3. The normalized spacial score (nSPS) is 14.3. The van der Waals surface area contributed by atoms with E-state index in [4.69, 9.17) is 25.8 Å². The second-order valence-corrected chi connectivity index (χ2v) is 6.82. The lowest BCUT2D eigenvalue weighted by atomic mass is 10.2. The monoisotopic (exact) mass is 410 g/mol. The second-order valence-electron chi connectivity index (χ2n) is 6.41. The van der Waals surface area contributed by atoms with E-state index in [1.807, 2.05) is 0 Å². The molecule has 0 aliphatic carbocycles. The molecular weight excluding hydrogens is 388 g/mol. The van der Waals surface area contributed by atoms with Crippen molar-refractivity contribution in [3.05, 3.63) is 28.8 Å². The van der Waals surface area contributed by atoms with E-state index in [1.165, 1.54) is 13.0 Å². The maximum Gasteiger partial charge on any atom is 0.331 e. The van der Waals surface area contributed by atoms with Crippen LogP contribution in [0.1, 0.15) is 32.8 Å².